The van der Waals surface area contributed by atoms with Crippen molar-refractivity contribution in [3.63, 3.8) is 0 Å². The van der Waals surface area contributed by atoms with Crippen molar-refractivity contribution >= 4 is 36.4 Å². The zero-order valence-corrected chi connectivity index (χ0v) is 16.9. The van der Waals surface area contributed by atoms with Crippen molar-refractivity contribution in [2.75, 3.05) is 7.05 Å². The van der Waals surface area contributed by atoms with E-state index in [4.69, 9.17) is 11.6 Å². The summed E-state index contributed by atoms with van der Waals surface area (Å²) in [6.07, 6.45) is 4.77. The van der Waals surface area contributed by atoms with Gasteiger partial charge in [-0.05, 0) is 37.1 Å². The fraction of sp³-hybridized carbons (Fsp3) is 0.400. The molecule has 5 heteroatoms. The van der Waals surface area contributed by atoms with Crippen molar-refractivity contribution in [3.05, 3.63) is 70.7 Å². The Labute approximate surface area is 168 Å². The lowest BCUT2D eigenvalue weighted by Crippen LogP contribution is -2.57. The van der Waals surface area contributed by atoms with Gasteiger partial charge in [-0.3, -0.25) is 0 Å². The molecule has 2 nitrogen and oxygen atoms in total. The van der Waals surface area contributed by atoms with Gasteiger partial charge in [0.25, 0.3) is 0 Å². The van der Waals surface area contributed by atoms with Gasteiger partial charge in [-0.1, -0.05) is 73.0 Å². The van der Waals surface area contributed by atoms with Gasteiger partial charge in [0.15, 0.2) is 0 Å². The minimum absolute atomic E-state index is 0. The molecule has 0 aromatic heterocycles. The van der Waals surface area contributed by atoms with Crippen LogP contribution in [-0.2, 0) is 12.1 Å². The SMILES string of the molecule is CN[C@@]1(c2ccccc2Cl)CCCC[C@@H]1NCc1ccccc1.Cl.Cl. The summed E-state index contributed by atoms with van der Waals surface area (Å²) in [4.78, 5) is 0. The Morgan fingerprint density at radius 2 is 1.68 bits per heavy atom. The number of halogens is 3. The number of benzene rings is 2. The van der Waals surface area contributed by atoms with E-state index in [9.17, 15) is 0 Å². The molecule has 2 aromatic carbocycles. The summed E-state index contributed by atoms with van der Waals surface area (Å²) in [5, 5.41) is 8.25. The van der Waals surface area contributed by atoms with Gasteiger partial charge in [-0.25, -0.2) is 0 Å². The monoisotopic (exact) mass is 400 g/mol. The van der Waals surface area contributed by atoms with Crippen LogP contribution in [-0.4, -0.2) is 13.1 Å². The molecule has 0 bridgehead atoms. The average Bonchev–Trinajstić information content (AvgIpc) is 2.61. The smallest absolute Gasteiger partial charge is 0.0602 e. The predicted octanol–water partition coefficient (Wildman–Crippen LogP) is 5.33. The lowest BCUT2D eigenvalue weighted by atomic mass is 9.72. The first-order valence-corrected chi connectivity index (χ1v) is 8.85. The van der Waals surface area contributed by atoms with E-state index in [1.807, 2.05) is 12.1 Å². The van der Waals surface area contributed by atoms with Crippen LogP contribution in [0.5, 0.6) is 0 Å². The van der Waals surface area contributed by atoms with Gasteiger partial charge in [-0.2, -0.15) is 0 Å². The van der Waals surface area contributed by atoms with E-state index in [2.05, 4.69) is 60.1 Å². The summed E-state index contributed by atoms with van der Waals surface area (Å²) in [7, 11) is 2.06. The van der Waals surface area contributed by atoms with Gasteiger partial charge in [0.1, 0.15) is 0 Å². The Morgan fingerprint density at radius 3 is 2.36 bits per heavy atom. The van der Waals surface area contributed by atoms with Gasteiger partial charge >= 0.3 is 0 Å². The topological polar surface area (TPSA) is 24.1 Å². The summed E-state index contributed by atoms with van der Waals surface area (Å²) in [6.45, 7) is 0.888. The van der Waals surface area contributed by atoms with Gasteiger partial charge in [0.05, 0.1) is 5.54 Å². The molecular weight excluding hydrogens is 375 g/mol. The van der Waals surface area contributed by atoms with E-state index in [1.54, 1.807) is 0 Å². The highest BCUT2D eigenvalue weighted by Crippen LogP contribution is 2.40. The lowest BCUT2D eigenvalue weighted by molar-refractivity contribution is 0.177. The number of nitrogens with one attached hydrogen (secondary N) is 2. The number of likely N-dealkylation sites (N-methyl/N-ethyl adjacent to an activating group) is 1. The highest BCUT2D eigenvalue weighted by atomic mass is 35.5. The van der Waals surface area contributed by atoms with Crippen molar-refractivity contribution in [2.45, 2.75) is 43.8 Å². The first-order valence-electron chi connectivity index (χ1n) is 8.47. The molecule has 0 saturated heterocycles. The summed E-state index contributed by atoms with van der Waals surface area (Å²) >= 11 is 6.54. The molecule has 0 aliphatic heterocycles. The molecule has 138 valence electrons. The maximum atomic E-state index is 6.54. The number of rotatable bonds is 5. The molecule has 0 spiro atoms. The Hall–Kier alpha value is -0.770. The second-order valence-electron chi connectivity index (χ2n) is 6.37. The molecule has 1 saturated carbocycles. The molecule has 1 aliphatic carbocycles. The first-order chi connectivity index (χ1) is 11.3. The van der Waals surface area contributed by atoms with Crippen molar-refractivity contribution in [3.8, 4) is 0 Å². The van der Waals surface area contributed by atoms with Crippen molar-refractivity contribution in [2.24, 2.45) is 0 Å². The van der Waals surface area contributed by atoms with Crippen molar-refractivity contribution < 1.29 is 0 Å². The lowest BCUT2D eigenvalue weighted by Gasteiger charge is -2.45. The van der Waals surface area contributed by atoms with Crippen LogP contribution in [0, 0.1) is 0 Å². The van der Waals surface area contributed by atoms with Crippen LogP contribution in [0.4, 0.5) is 0 Å². The third kappa shape index (κ3) is 4.90. The molecule has 3 rings (SSSR count). The van der Waals surface area contributed by atoms with Crippen LogP contribution in [0.15, 0.2) is 54.6 Å². The summed E-state index contributed by atoms with van der Waals surface area (Å²) in [5.41, 5.74) is 2.45. The van der Waals surface area contributed by atoms with E-state index in [0.29, 0.717) is 6.04 Å². The van der Waals surface area contributed by atoms with Crippen molar-refractivity contribution in [1.29, 1.82) is 0 Å². The van der Waals surface area contributed by atoms with Crippen LogP contribution >= 0.6 is 36.4 Å². The van der Waals surface area contributed by atoms with E-state index in [1.165, 1.54) is 30.4 Å². The van der Waals surface area contributed by atoms with Gasteiger partial charge in [0.2, 0.25) is 0 Å². The molecular formula is C20H27Cl3N2. The molecule has 0 amide bonds. The van der Waals surface area contributed by atoms with Crippen LogP contribution in [0.25, 0.3) is 0 Å². The van der Waals surface area contributed by atoms with Crippen molar-refractivity contribution in [1.82, 2.24) is 10.6 Å². The third-order valence-electron chi connectivity index (χ3n) is 5.10. The standard InChI is InChI=1S/C20H25ClN2.2ClH/c1-22-20(17-11-5-6-12-18(17)21)14-8-7-13-19(20)23-15-16-9-3-2-4-10-16;;/h2-6,9-12,19,22-23H,7-8,13-15H2,1H3;2*1H/t19-,20+;;/m0../s1. The maximum Gasteiger partial charge on any atom is 0.0602 e. The summed E-state index contributed by atoms with van der Waals surface area (Å²) in [6, 6.07) is 19.2. The van der Waals surface area contributed by atoms with E-state index in [0.717, 1.165) is 18.0 Å². The minimum atomic E-state index is -0.0919. The Morgan fingerprint density at radius 1 is 1.00 bits per heavy atom. The third-order valence-corrected chi connectivity index (χ3v) is 5.43. The van der Waals surface area contributed by atoms with Crippen LogP contribution in [0.3, 0.4) is 0 Å². The summed E-state index contributed by atoms with van der Waals surface area (Å²) in [5.74, 6) is 0. The maximum absolute atomic E-state index is 6.54. The predicted molar refractivity (Wildman–Crippen MR) is 112 cm³/mol. The van der Waals surface area contributed by atoms with Crippen LogP contribution < -0.4 is 10.6 Å². The van der Waals surface area contributed by atoms with E-state index < -0.39 is 0 Å². The van der Waals surface area contributed by atoms with Crippen LogP contribution in [0.2, 0.25) is 5.02 Å². The van der Waals surface area contributed by atoms with E-state index in [-0.39, 0.29) is 30.4 Å². The molecule has 0 radical (unpaired) electrons. The van der Waals surface area contributed by atoms with Gasteiger partial charge < -0.3 is 10.6 Å². The Kier molecular flexibility index (Phi) is 9.26. The average molecular weight is 402 g/mol. The van der Waals surface area contributed by atoms with E-state index >= 15 is 0 Å². The molecule has 0 heterocycles. The molecule has 2 N–H and O–H groups in total. The fourth-order valence-corrected chi connectivity index (χ4v) is 4.17. The fourth-order valence-electron chi connectivity index (χ4n) is 3.87. The molecule has 25 heavy (non-hydrogen) atoms. The minimum Gasteiger partial charge on any atom is -0.309 e. The normalized spacial score (nSPS) is 22.6. The number of hydrogen-bond acceptors (Lipinski definition) is 2. The molecule has 1 fully saturated rings. The quantitative estimate of drug-likeness (QED) is 0.707. The van der Waals surface area contributed by atoms with Gasteiger partial charge in [0, 0.05) is 17.6 Å². The number of hydrogen-bond donors (Lipinski definition) is 2. The summed E-state index contributed by atoms with van der Waals surface area (Å²) < 4.78 is 0. The highest BCUT2D eigenvalue weighted by Gasteiger charge is 2.41. The molecule has 1 aliphatic rings. The Bertz CT molecular complexity index is 636. The zero-order valence-electron chi connectivity index (χ0n) is 14.5. The largest absolute Gasteiger partial charge is 0.309 e. The highest BCUT2D eigenvalue weighted by molar-refractivity contribution is 6.31. The second kappa shape index (κ2) is 10.4. The second-order valence-corrected chi connectivity index (χ2v) is 6.77. The molecule has 0 unspecified atom stereocenters. The Balaban J connectivity index is 0.00000156. The molecule has 2 atom stereocenters. The van der Waals surface area contributed by atoms with Gasteiger partial charge in [-0.15, -0.1) is 24.8 Å². The van der Waals surface area contributed by atoms with Crippen LogP contribution in [0.1, 0.15) is 36.8 Å². The molecule has 2 aromatic rings. The first kappa shape index (κ1) is 22.3. The zero-order chi connectivity index (χ0) is 16.1.